The molecule has 7 nitrogen and oxygen atoms in total. The van der Waals surface area contributed by atoms with Crippen molar-refractivity contribution in [3.05, 3.63) is 33.1 Å². The Labute approximate surface area is 150 Å². The fraction of sp³-hybridized carbons (Fsp3) is 0.200. The van der Waals surface area contributed by atoms with Crippen molar-refractivity contribution in [3.63, 3.8) is 0 Å². The summed E-state index contributed by atoms with van der Waals surface area (Å²) in [5, 5.41) is 21.5. The maximum absolute atomic E-state index is 12.8. The minimum Gasteiger partial charge on any atom is -0.544 e. The normalized spacial score (nSPS) is 18.5. The molecule has 1 amide bonds. The molecule has 124 valence electrons. The lowest BCUT2D eigenvalue weighted by molar-refractivity contribution is -0.397. The number of likely N-dealkylation sites (N-methyl/N-ethyl adjacent to an activating group) is 1. The van der Waals surface area contributed by atoms with Crippen LogP contribution in [0.1, 0.15) is 19.4 Å². The lowest BCUT2D eigenvalue weighted by Gasteiger charge is -2.14. The van der Waals surface area contributed by atoms with Gasteiger partial charge in [0.1, 0.15) is 0 Å². The van der Waals surface area contributed by atoms with Crippen molar-refractivity contribution in [2.24, 2.45) is 10.2 Å². The number of nitrogens with two attached hydrogens (primary N) is 1. The number of aliphatic carboxylic acids is 1. The van der Waals surface area contributed by atoms with E-state index in [9.17, 15) is 14.7 Å². The van der Waals surface area contributed by atoms with Gasteiger partial charge in [-0.2, -0.15) is 0 Å². The van der Waals surface area contributed by atoms with Gasteiger partial charge in [0, 0.05) is 23.5 Å². The number of carbonyl (C=O) groups is 2. The maximum atomic E-state index is 12.8. The molecule has 0 fully saturated rings. The van der Waals surface area contributed by atoms with Gasteiger partial charge >= 0.3 is 0 Å². The molecule has 2 N–H and O–H groups in total. The zero-order valence-electron chi connectivity index (χ0n) is 12.9. The first-order chi connectivity index (χ1) is 11.4. The van der Waals surface area contributed by atoms with Crippen molar-refractivity contribution in [2.45, 2.75) is 13.8 Å². The first-order valence-corrected chi connectivity index (χ1v) is 8.75. The van der Waals surface area contributed by atoms with E-state index in [1.165, 1.54) is 0 Å². The summed E-state index contributed by atoms with van der Waals surface area (Å²) in [6.45, 7) is 4.04. The van der Waals surface area contributed by atoms with Crippen LogP contribution in [0.3, 0.4) is 0 Å². The van der Waals surface area contributed by atoms with Crippen LogP contribution in [0.4, 0.5) is 5.69 Å². The molecule has 2 aliphatic heterocycles. The van der Waals surface area contributed by atoms with Gasteiger partial charge in [0.05, 0.1) is 22.1 Å². The number of quaternary nitrogens is 1. The first-order valence-electron chi connectivity index (χ1n) is 7.14. The second-order valence-electron chi connectivity index (χ2n) is 5.13. The smallest absolute Gasteiger partial charge is 0.290 e. The van der Waals surface area contributed by atoms with E-state index in [0.717, 1.165) is 16.2 Å². The predicted octanol–water partition coefficient (Wildman–Crippen LogP) is 0.276. The van der Waals surface area contributed by atoms with Gasteiger partial charge in [0.15, 0.2) is 0 Å². The maximum Gasteiger partial charge on any atom is 0.290 e. The zero-order chi connectivity index (χ0) is 17.4. The monoisotopic (exact) mass is 408 g/mol. The number of carbonyl (C=O) groups excluding carboxylic acids is 2. The second-order valence-corrected chi connectivity index (χ2v) is 7.07. The van der Waals surface area contributed by atoms with Gasteiger partial charge in [-0.25, -0.2) is 5.32 Å². The van der Waals surface area contributed by atoms with Gasteiger partial charge < -0.3 is 14.8 Å². The molecule has 0 aromatic heterocycles. The summed E-state index contributed by atoms with van der Waals surface area (Å²) in [5.74, 6) is -1.09. The van der Waals surface area contributed by atoms with Gasteiger partial charge in [-0.05, 0) is 36.9 Å². The van der Waals surface area contributed by atoms with Crippen molar-refractivity contribution in [1.29, 1.82) is 0 Å². The number of amidine groups is 2. The van der Waals surface area contributed by atoms with Crippen molar-refractivity contribution < 1.29 is 20.0 Å². The third-order valence-electron chi connectivity index (χ3n) is 3.55. The molecule has 2 aliphatic rings. The van der Waals surface area contributed by atoms with Crippen LogP contribution in [0.5, 0.6) is 0 Å². The summed E-state index contributed by atoms with van der Waals surface area (Å²) in [7, 11) is 0. The lowest BCUT2D eigenvalue weighted by Crippen LogP contribution is -2.88. The standard InChI is InChI=1S/C15H13BrN4O3S/c1-3-20-10-5-4-8(16)6-9(10)11(13(20)21)12(14(22)23)24-15-17-7(2)18-19-15/h4-6H,3H2,1-2H3,(H,22,23)(H,17,18,19)/b12-11+. The molecular weight excluding hydrogens is 396 g/mol. The van der Waals surface area contributed by atoms with Crippen LogP contribution in [0.2, 0.25) is 0 Å². The quantitative estimate of drug-likeness (QED) is 0.725. The average molecular weight is 409 g/mol. The summed E-state index contributed by atoms with van der Waals surface area (Å²) < 4.78 is 0.760. The van der Waals surface area contributed by atoms with E-state index >= 15 is 0 Å². The van der Waals surface area contributed by atoms with E-state index in [1.807, 2.05) is 13.0 Å². The number of benzene rings is 1. The molecule has 1 aromatic rings. The minimum absolute atomic E-state index is 0.124. The Kier molecular flexibility index (Phi) is 4.57. The predicted molar refractivity (Wildman–Crippen MR) is 94.2 cm³/mol. The summed E-state index contributed by atoms with van der Waals surface area (Å²) in [6.07, 6.45) is 0. The van der Waals surface area contributed by atoms with Crippen LogP contribution in [0, 0.1) is 0 Å². The summed E-state index contributed by atoms with van der Waals surface area (Å²) in [5.41, 5.74) is 1.38. The Morgan fingerprint density at radius 3 is 2.75 bits per heavy atom. The Bertz CT molecular complexity index is 847. The second kappa shape index (κ2) is 6.50. The fourth-order valence-electron chi connectivity index (χ4n) is 2.55. The van der Waals surface area contributed by atoms with E-state index in [4.69, 9.17) is 0 Å². The molecule has 0 aliphatic carbocycles. The Morgan fingerprint density at radius 2 is 2.17 bits per heavy atom. The average Bonchev–Trinajstić information content (AvgIpc) is 3.05. The number of anilines is 1. The van der Waals surface area contributed by atoms with Gasteiger partial charge in [0.2, 0.25) is 5.84 Å². The molecule has 0 saturated carbocycles. The molecule has 0 radical (unpaired) electrons. The number of halogens is 1. The van der Waals surface area contributed by atoms with Gasteiger partial charge in [-0.15, -0.1) is 0 Å². The largest absolute Gasteiger partial charge is 0.544 e. The van der Waals surface area contributed by atoms with Crippen LogP contribution >= 0.6 is 27.7 Å². The topological polar surface area (TPSA) is 102 Å². The van der Waals surface area contributed by atoms with E-state index in [2.05, 4.69) is 26.1 Å². The summed E-state index contributed by atoms with van der Waals surface area (Å²) >= 11 is 4.25. The minimum atomic E-state index is -1.41. The Morgan fingerprint density at radius 1 is 1.42 bits per heavy atom. The van der Waals surface area contributed by atoms with Gasteiger partial charge in [-0.1, -0.05) is 26.1 Å². The molecule has 1 aromatic carbocycles. The van der Waals surface area contributed by atoms with Crippen molar-refractivity contribution in [1.82, 2.24) is 0 Å². The lowest BCUT2D eigenvalue weighted by atomic mass is 10.1. The molecule has 24 heavy (non-hydrogen) atoms. The number of rotatable bonds is 3. The highest BCUT2D eigenvalue weighted by Gasteiger charge is 2.35. The molecular formula is C15H13BrN4O3S. The molecule has 0 spiro atoms. The zero-order valence-corrected chi connectivity index (χ0v) is 15.3. The SMILES string of the molecule is CCN1C(=O)/C(=C(/SC2=NN=C(C)[NH2+]2)C(=O)[O-])c2cc(Br)ccc21. The molecule has 0 bridgehead atoms. The third-order valence-corrected chi connectivity index (χ3v) is 5.03. The number of hydrogen-bond donors (Lipinski definition) is 1. The van der Waals surface area contributed by atoms with E-state index in [0.29, 0.717) is 28.8 Å². The number of fused-ring (bicyclic) bond motifs is 1. The Hall–Kier alpha value is -1.97. The number of amides is 1. The number of nitrogens with zero attached hydrogens (tertiary/aromatic N) is 3. The van der Waals surface area contributed by atoms with Crippen LogP contribution in [0.25, 0.3) is 5.57 Å². The molecule has 2 heterocycles. The highest BCUT2D eigenvalue weighted by Crippen LogP contribution is 2.42. The first kappa shape index (κ1) is 16.9. The van der Waals surface area contributed by atoms with Crippen LogP contribution in [0.15, 0.2) is 37.8 Å². The van der Waals surface area contributed by atoms with Gasteiger partial charge in [-0.3, -0.25) is 4.79 Å². The molecule has 0 unspecified atom stereocenters. The molecule has 9 heteroatoms. The van der Waals surface area contributed by atoms with E-state index < -0.39 is 5.97 Å². The highest BCUT2D eigenvalue weighted by molar-refractivity contribution is 9.10. The molecule has 3 rings (SSSR count). The summed E-state index contributed by atoms with van der Waals surface area (Å²) in [6, 6.07) is 5.34. The molecule has 0 saturated heterocycles. The fourth-order valence-corrected chi connectivity index (χ4v) is 3.81. The van der Waals surface area contributed by atoms with E-state index in [-0.39, 0.29) is 16.4 Å². The van der Waals surface area contributed by atoms with Crippen LogP contribution < -0.4 is 15.3 Å². The van der Waals surface area contributed by atoms with Crippen LogP contribution in [-0.4, -0.2) is 29.4 Å². The van der Waals surface area contributed by atoms with Crippen molar-refractivity contribution in [3.8, 4) is 0 Å². The molecule has 0 atom stereocenters. The number of thioether (sulfide) groups is 1. The van der Waals surface area contributed by atoms with Crippen molar-refractivity contribution >= 4 is 61.8 Å². The number of carboxylic acids is 1. The van der Waals surface area contributed by atoms with Crippen molar-refractivity contribution in [2.75, 3.05) is 11.4 Å². The third kappa shape index (κ3) is 2.90. The highest BCUT2D eigenvalue weighted by atomic mass is 79.9. The van der Waals surface area contributed by atoms with Crippen LogP contribution in [-0.2, 0) is 9.59 Å². The number of hydrogen-bond acceptors (Lipinski definition) is 6. The number of carboxylic acid groups (broad SMARTS) is 1. The van der Waals surface area contributed by atoms with Gasteiger partial charge in [0.25, 0.3) is 11.1 Å². The Balaban J connectivity index is 2.13. The summed E-state index contributed by atoms with van der Waals surface area (Å²) in [4.78, 5) is 25.9. The van der Waals surface area contributed by atoms with E-state index in [1.54, 1.807) is 29.3 Å².